The fraction of sp³-hybridized carbons (Fsp3) is 0.462. The average Bonchev–Trinajstić information content (AvgIpc) is 2.15. The molecule has 1 nitrogen and oxygen atoms in total. The van der Waals surface area contributed by atoms with E-state index in [1.165, 1.54) is 12.1 Å². The van der Waals surface area contributed by atoms with E-state index in [1.807, 2.05) is 13.8 Å². The van der Waals surface area contributed by atoms with Crippen molar-refractivity contribution in [3.8, 4) is 0 Å². The maximum Gasteiger partial charge on any atom is 0.133 e. The molecule has 1 aromatic rings. The van der Waals surface area contributed by atoms with Crippen LogP contribution in [0, 0.1) is 11.7 Å². The Kier molecular flexibility index (Phi) is 5.13. The summed E-state index contributed by atoms with van der Waals surface area (Å²) in [6.45, 7) is 4.07. The second-order valence-electron chi connectivity index (χ2n) is 4.37. The van der Waals surface area contributed by atoms with Crippen LogP contribution >= 0.6 is 15.9 Å². The number of hydrogen-bond acceptors (Lipinski definition) is 1. The van der Waals surface area contributed by atoms with Crippen LogP contribution in [-0.4, -0.2) is 5.78 Å². The minimum Gasteiger partial charge on any atom is -0.300 e. The molecule has 0 saturated carbocycles. The molecule has 0 N–H and O–H groups in total. The van der Waals surface area contributed by atoms with Crippen LogP contribution < -0.4 is 0 Å². The Morgan fingerprint density at radius 1 is 1.44 bits per heavy atom. The Labute approximate surface area is 104 Å². The summed E-state index contributed by atoms with van der Waals surface area (Å²) in [5.41, 5.74) is 0.985. The molecule has 0 amide bonds. The molecule has 1 rings (SSSR count). The van der Waals surface area contributed by atoms with Gasteiger partial charge in [-0.2, -0.15) is 0 Å². The summed E-state index contributed by atoms with van der Waals surface area (Å²) in [5, 5.41) is 0. The Hall–Kier alpha value is -0.700. The van der Waals surface area contributed by atoms with E-state index in [-0.39, 0.29) is 11.6 Å². The van der Waals surface area contributed by atoms with Crippen molar-refractivity contribution in [1.29, 1.82) is 0 Å². The normalized spacial score (nSPS) is 10.8. The van der Waals surface area contributed by atoms with Crippen molar-refractivity contribution in [3.05, 3.63) is 34.1 Å². The lowest BCUT2D eigenvalue weighted by Gasteiger charge is -2.06. The fourth-order valence-corrected chi connectivity index (χ4v) is 2.11. The highest BCUT2D eigenvalue weighted by Crippen LogP contribution is 2.20. The Balaban J connectivity index is 2.51. The van der Waals surface area contributed by atoms with Crippen LogP contribution in [0.2, 0.25) is 0 Å². The van der Waals surface area contributed by atoms with Gasteiger partial charge in [0.15, 0.2) is 0 Å². The van der Waals surface area contributed by atoms with Gasteiger partial charge < -0.3 is 0 Å². The second-order valence-corrected chi connectivity index (χ2v) is 5.23. The number of aryl methyl sites for hydroxylation is 1. The zero-order chi connectivity index (χ0) is 12.1. The molecule has 0 radical (unpaired) electrons. The van der Waals surface area contributed by atoms with E-state index in [0.29, 0.717) is 25.2 Å². The molecule has 0 unspecified atom stereocenters. The first-order chi connectivity index (χ1) is 7.49. The zero-order valence-corrected chi connectivity index (χ0v) is 11.2. The number of rotatable bonds is 5. The van der Waals surface area contributed by atoms with Crippen molar-refractivity contribution in [2.24, 2.45) is 5.92 Å². The van der Waals surface area contributed by atoms with E-state index >= 15 is 0 Å². The standard InChI is InChI=1S/C13H16BrFO/c1-9(2)7-12(16)6-4-10-3-5-11(15)8-13(10)14/h3,5,8-9H,4,6-7H2,1-2H3. The zero-order valence-electron chi connectivity index (χ0n) is 9.59. The van der Waals surface area contributed by atoms with E-state index < -0.39 is 0 Å². The first kappa shape index (κ1) is 13.4. The van der Waals surface area contributed by atoms with Crippen molar-refractivity contribution >= 4 is 21.7 Å². The Bertz CT molecular complexity index is 374. The van der Waals surface area contributed by atoms with E-state index in [9.17, 15) is 9.18 Å². The SMILES string of the molecule is CC(C)CC(=O)CCc1ccc(F)cc1Br. The number of hydrogen-bond donors (Lipinski definition) is 0. The maximum atomic E-state index is 12.8. The van der Waals surface area contributed by atoms with Gasteiger partial charge in [0.2, 0.25) is 0 Å². The van der Waals surface area contributed by atoms with Gasteiger partial charge in [-0.15, -0.1) is 0 Å². The first-order valence-corrected chi connectivity index (χ1v) is 6.24. The summed E-state index contributed by atoms with van der Waals surface area (Å²) in [7, 11) is 0. The summed E-state index contributed by atoms with van der Waals surface area (Å²) in [5.74, 6) is 0.416. The molecule has 0 bridgehead atoms. The summed E-state index contributed by atoms with van der Waals surface area (Å²) >= 11 is 3.30. The fourth-order valence-electron chi connectivity index (χ4n) is 1.56. The molecule has 0 spiro atoms. The van der Waals surface area contributed by atoms with Gasteiger partial charge in [0.05, 0.1) is 0 Å². The van der Waals surface area contributed by atoms with E-state index in [1.54, 1.807) is 6.07 Å². The van der Waals surface area contributed by atoms with E-state index in [4.69, 9.17) is 0 Å². The third-order valence-electron chi connectivity index (χ3n) is 2.32. The topological polar surface area (TPSA) is 17.1 Å². The van der Waals surface area contributed by atoms with E-state index in [2.05, 4.69) is 15.9 Å². The molecule has 0 saturated heterocycles. The molecule has 0 aliphatic heterocycles. The van der Waals surface area contributed by atoms with Crippen LogP contribution in [0.4, 0.5) is 4.39 Å². The monoisotopic (exact) mass is 286 g/mol. The van der Waals surface area contributed by atoms with Gasteiger partial charge in [-0.1, -0.05) is 35.8 Å². The van der Waals surface area contributed by atoms with Gasteiger partial charge >= 0.3 is 0 Å². The largest absolute Gasteiger partial charge is 0.300 e. The van der Waals surface area contributed by atoms with E-state index in [0.717, 1.165) is 10.0 Å². The number of Topliss-reactive ketones (excluding diaryl/α,β-unsaturated/α-hetero) is 1. The summed E-state index contributed by atoms with van der Waals surface area (Å²) < 4.78 is 13.6. The molecule has 0 aliphatic carbocycles. The van der Waals surface area contributed by atoms with Gasteiger partial charge in [0, 0.05) is 17.3 Å². The third kappa shape index (κ3) is 4.44. The highest BCUT2D eigenvalue weighted by atomic mass is 79.9. The second kappa shape index (κ2) is 6.14. The number of carbonyl (C=O) groups is 1. The number of halogens is 2. The molecule has 0 aliphatic rings. The van der Waals surface area contributed by atoms with Crippen molar-refractivity contribution in [3.63, 3.8) is 0 Å². The van der Waals surface area contributed by atoms with Gasteiger partial charge in [-0.3, -0.25) is 4.79 Å². The molecule has 88 valence electrons. The quantitative estimate of drug-likeness (QED) is 0.795. The first-order valence-electron chi connectivity index (χ1n) is 5.44. The van der Waals surface area contributed by atoms with Crippen LogP contribution in [0.3, 0.4) is 0 Å². The molecule has 16 heavy (non-hydrogen) atoms. The summed E-state index contributed by atoms with van der Waals surface area (Å²) in [4.78, 5) is 11.5. The minimum absolute atomic E-state index is 0.260. The van der Waals surface area contributed by atoms with Gasteiger partial charge in [-0.25, -0.2) is 4.39 Å². The molecule has 0 fully saturated rings. The number of benzene rings is 1. The van der Waals surface area contributed by atoms with Crippen LogP contribution in [0.1, 0.15) is 32.3 Å². The molecule has 1 aromatic carbocycles. The lowest BCUT2D eigenvalue weighted by Crippen LogP contribution is -2.04. The smallest absolute Gasteiger partial charge is 0.133 e. The Morgan fingerprint density at radius 2 is 2.12 bits per heavy atom. The Morgan fingerprint density at radius 3 is 2.69 bits per heavy atom. The minimum atomic E-state index is -0.260. The third-order valence-corrected chi connectivity index (χ3v) is 3.06. The lowest BCUT2D eigenvalue weighted by atomic mass is 10.0. The van der Waals surface area contributed by atoms with Crippen LogP contribution in [0.5, 0.6) is 0 Å². The molecule has 0 heterocycles. The molecule has 0 aromatic heterocycles. The van der Waals surface area contributed by atoms with Crippen molar-refractivity contribution in [1.82, 2.24) is 0 Å². The lowest BCUT2D eigenvalue weighted by molar-refractivity contribution is -0.119. The van der Waals surface area contributed by atoms with Crippen molar-refractivity contribution < 1.29 is 9.18 Å². The van der Waals surface area contributed by atoms with Crippen LogP contribution in [0.25, 0.3) is 0 Å². The van der Waals surface area contributed by atoms with Gasteiger partial charge in [0.1, 0.15) is 11.6 Å². The molecule has 0 atom stereocenters. The highest BCUT2D eigenvalue weighted by molar-refractivity contribution is 9.10. The van der Waals surface area contributed by atoms with Gasteiger partial charge in [0.25, 0.3) is 0 Å². The van der Waals surface area contributed by atoms with Crippen LogP contribution in [-0.2, 0) is 11.2 Å². The maximum absolute atomic E-state index is 12.8. The number of ketones is 1. The predicted octanol–water partition coefficient (Wildman–Crippen LogP) is 4.14. The predicted molar refractivity (Wildman–Crippen MR) is 66.9 cm³/mol. The molecular weight excluding hydrogens is 271 g/mol. The van der Waals surface area contributed by atoms with Crippen molar-refractivity contribution in [2.75, 3.05) is 0 Å². The van der Waals surface area contributed by atoms with Crippen LogP contribution in [0.15, 0.2) is 22.7 Å². The van der Waals surface area contributed by atoms with Gasteiger partial charge in [-0.05, 0) is 30.0 Å². The summed E-state index contributed by atoms with van der Waals surface area (Å²) in [6.07, 6.45) is 1.83. The molecule has 3 heteroatoms. The highest BCUT2D eigenvalue weighted by Gasteiger charge is 2.07. The van der Waals surface area contributed by atoms with Crippen molar-refractivity contribution in [2.45, 2.75) is 33.1 Å². The summed E-state index contributed by atoms with van der Waals surface area (Å²) in [6, 6.07) is 4.58. The average molecular weight is 287 g/mol. The number of carbonyl (C=O) groups excluding carboxylic acids is 1. The molecular formula is C13H16BrFO.